The molecule has 3 heteroatoms. The smallest absolute Gasteiger partial charge is 0.142 e. The topological polar surface area (TPSA) is 47.3 Å². The van der Waals surface area contributed by atoms with E-state index in [0.29, 0.717) is 6.61 Å². The minimum atomic E-state index is 0.642. The summed E-state index contributed by atoms with van der Waals surface area (Å²) in [5.74, 6) is 0.778. The Balaban J connectivity index is 1.84. The van der Waals surface area contributed by atoms with E-state index in [0.717, 1.165) is 30.8 Å². The molecule has 3 nitrogen and oxygen atoms in total. The Morgan fingerprint density at radius 3 is 2.64 bits per heavy atom. The van der Waals surface area contributed by atoms with Crippen molar-refractivity contribution in [2.75, 3.05) is 24.2 Å². The third-order valence-electron chi connectivity index (χ3n) is 3.72. The number of benzene rings is 2. The molecule has 0 aromatic heterocycles. The fourth-order valence-corrected chi connectivity index (χ4v) is 2.48. The number of ether oxygens (including phenoxy) is 1. The number of nitrogens with two attached hydrogens (primary N) is 1. The van der Waals surface area contributed by atoms with Crippen LogP contribution in [0.2, 0.25) is 0 Å². The third-order valence-corrected chi connectivity index (χ3v) is 3.72. The van der Waals surface area contributed by atoms with E-state index in [4.69, 9.17) is 10.5 Å². The van der Waals surface area contributed by atoms with Crippen molar-refractivity contribution in [1.29, 1.82) is 0 Å². The normalized spacial score (nSPS) is 10.5. The number of nitrogen functional groups attached to an aromatic ring is 1. The Labute approximate surface area is 133 Å². The van der Waals surface area contributed by atoms with Gasteiger partial charge in [-0.05, 0) is 68.5 Å². The number of hydrogen-bond donors (Lipinski definition) is 2. The highest BCUT2D eigenvalue weighted by Crippen LogP contribution is 2.23. The van der Waals surface area contributed by atoms with Crippen LogP contribution in [0.3, 0.4) is 0 Å². The minimum absolute atomic E-state index is 0.642. The maximum Gasteiger partial charge on any atom is 0.142 e. The molecule has 0 amide bonds. The van der Waals surface area contributed by atoms with Crippen LogP contribution in [0, 0.1) is 13.8 Å². The van der Waals surface area contributed by atoms with E-state index in [9.17, 15) is 0 Å². The molecule has 2 aromatic carbocycles. The summed E-state index contributed by atoms with van der Waals surface area (Å²) in [5, 5.41) is 3.51. The zero-order chi connectivity index (χ0) is 15.9. The number of hydrogen-bond acceptors (Lipinski definition) is 3. The SMILES string of the molecule is CCOc1ccc(CCCNc2cc(C)ccc2C)cc1N. The predicted molar refractivity (Wildman–Crippen MR) is 94.8 cm³/mol. The molecule has 0 aliphatic rings. The van der Waals surface area contributed by atoms with E-state index in [2.05, 4.69) is 43.4 Å². The second-order valence-electron chi connectivity index (χ2n) is 5.65. The lowest BCUT2D eigenvalue weighted by molar-refractivity contribution is 0.342. The van der Waals surface area contributed by atoms with E-state index < -0.39 is 0 Å². The molecule has 0 saturated carbocycles. The van der Waals surface area contributed by atoms with Crippen molar-refractivity contribution in [1.82, 2.24) is 0 Å². The van der Waals surface area contributed by atoms with Gasteiger partial charge in [-0.1, -0.05) is 18.2 Å². The zero-order valence-corrected chi connectivity index (χ0v) is 13.8. The van der Waals surface area contributed by atoms with Crippen molar-refractivity contribution >= 4 is 11.4 Å². The summed E-state index contributed by atoms with van der Waals surface area (Å²) >= 11 is 0. The molecule has 0 atom stereocenters. The average Bonchev–Trinajstić information content (AvgIpc) is 2.50. The summed E-state index contributed by atoms with van der Waals surface area (Å²) in [6.45, 7) is 7.81. The lowest BCUT2D eigenvalue weighted by Gasteiger charge is -2.11. The van der Waals surface area contributed by atoms with Crippen LogP contribution < -0.4 is 15.8 Å². The summed E-state index contributed by atoms with van der Waals surface area (Å²) in [4.78, 5) is 0. The third kappa shape index (κ3) is 4.42. The Bertz CT molecular complexity index is 623. The maximum atomic E-state index is 6.00. The number of anilines is 2. The van der Waals surface area contributed by atoms with E-state index in [-0.39, 0.29) is 0 Å². The van der Waals surface area contributed by atoms with Crippen LogP contribution in [0.15, 0.2) is 36.4 Å². The van der Waals surface area contributed by atoms with Gasteiger partial charge in [0.2, 0.25) is 0 Å². The highest BCUT2D eigenvalue weighted by molar-refractivity contribution is 5.54. The Hall–Kier alpha value is -2.16. The summed E-state index contributed by atoms with van der Waals surface area (Å²) < 4.78 is 5.46. The minimum Gasteiger partial charge on any atom is -0.492 e. The van der Waals surface area contributed by atoms with E-state index in [1.165, 1.54) is 22.4 Å². The quantitative estimate of drug-likeness (QED) is 0.591. The summed E-state index contributed by atoms with van der Waals surface area (Å²) in [5.41, 5.74) is 11.8. The fourth-order valence-electron chi connectivity index (χ4n) is 2.48. The standard InChI is InChI=1S/C19H26N2O/c1-4-22-19-10-9-16(13-17(19)20)6-5-11-21-18-12-14(2)7-8-15(18)3/h7-10,12-13,21H,4-6,11,20H2,1-3H3. The van der Waals surface area contributed by atoms with Crippen LogP contribution in [-0.4, -0.2) is 13.2 Å². The van der Waals surface area contributed by atoms with Gasteiger partial charge in [-0.15, -0.1) is 0 Å². The largest absolute Gasteiger partial charge is 0.492 e. The second kappa shape index (κ2) is 7.74. The van der Waals surface area contributed by atoms with Gasteiger partial charge in [-0.2, -0.15) is 0 Å². The van der Waals surface area contributed by atoms with Gasteiger partial charge >= 0.3 is 0 Å². The molecule has 0 fully saturated rings. The van der Waals surface area contributed by atoms with Gasteiger partial charge in [0.25, 0.3) is 0 Å². The van der Waals surface area contributed by atoms with Gasteiger partial charge in [0.1, 0.15) is 5.75 Å². The first kappa shape index (κ1) is 16.2. The molecule has 0 radical (unpaired) electrons. The Kier molecular flexibility index (Phi) is 5.70. The van der Waals surface area contributed by atoms with E-state index >= 15 is 0 Å². The van der Waals surface area contributed by atoms with Crippen LogP contribution in [-0.2, 0) is 6.42 Å². The number of aryl methyl sites for hydroxylation is 3. The lowest BCUT2D eigenvalue weighted by Crippen LogP contribution is -2.05. The van der Waals surface area contributed by atoms with Crippen molar-refractivity contribution in [3.8, 4) is 5.75 Å². The molecule has 0 spiro atoms. The van der Waals surface area contributed by atoms with Crippen LogP contribution in [0.4, 0.5) is 11.4 Å². The molecule has 0 aliphatic heterocycles. The van der Waals surface area contributed by atoms with Crippen molar-refractivity contribution in [3.63, 3.8) is 0 Å². The van der Waals surface area contributed by atoms with E-state index in [1.54, 1.807) is 0 Å². The van der Waals surface area contributed by atoms with Crippen molar-refractivity contribution in [2.24, 2.45) is 0 Å². The van der Waals surface area contributed by atoms with Crippen molar-refractivity contribution < 1.29 is 4.74 Å². The number of rotatable bonds is 7. The molecule has 0 aliphatic carbocycles. The van der Waals surface area contributed by atoms with Crippen LogP contribution in [0.25, 0.3) is 0 Å². The molecule has 0 saturated heterocycles. The van der Waals surface area contributed by atoms with Crippen molar-refractivity contribution in [3.05, 3.63) is 53.1 Å². The lowest BCUT2D eigenvalue weighted by atomic mass is 10.1. The molecule has 0 bridgehead atoms. The predicted octanol–water partition coefficient (Wildman–Crippen LogP) is 4.33. The fraction of sp³-hybridized carbons (Fsp3) is 0.368. The zero-order valence-electron chi connectivity index (χ0n) is 13.8. The number of nitrogens with one attached hydrogen (secondary N) is 1. The first-order chi connectivity index (χ1) is 10.6. The highest BCUT2D eigenvalue weighted by atomic mass is 16.5. The van der Waals surface area contributed by atoms with E-state index in [1.807, 2.05) is 19.1 Å². The first-order valence-electron chi connectivity index (χ1n) is 7.92. The first-order valence-corrected chi connectivity index (χ1v) is 7.92. The van der Waals surface area contributed by atoms with Crippen LogP contribution in [0.5, 0.6) is 5.75 Å². The van der Waals surface area contributed by atoms with Crippen LogP contribution in [0.1, 0.15) is 30.0 Å². The summed E-state index contributed by atoms with van der Waals surface area (Å²) in [6, 6.07) is 12.6. The van der Waals surface area contributed by atoms with Gasteiger partial charge in [-0.25, -0.2) is 0 Å². The highest BCUT2D eigenvalue weighted by Gasteiger charge is 2.02. The van der Waals surface area contributed by atoms with Gasteiger partial charge in [-0.3, -0.25) is 0 Å². The average molecular weight is 298 g/mol. The summed E-state index contributed by atoms with van der Waals surface area (Å²) in [6.07, 6.45) is 2.08. The van der Waals surface area contributed by atoms with Gasteiger partial charge in [0.15, 0.2) is 0 Å². The van der Waals surface area contributed by atoms with Gasteiger partial charge < -0.3 is 15.8 Å². The summed E-state index contributed by atoms with van der Waals surface area (Å²) in [7, 11) is 0. The Morgan fingerprint density at radius 1 is 1.09 bits per heavy atom. The molecule has 0 unspecified atom stereocenters. The van der Waals surface area contributed by atoms with Gasteiger partial charge in [0, 0.05) is 12.2 Å². The monoisotopic (exact) mass is 298 g/mol. The molecule has 118 valence electrons. The Morgan fingerprint density at radius 2 is 1.91 bits per heavy atom. The van der Waals surface area contributed by atoms with Crippen molar-refractivity contribution in [2.45, 2.75) is 33.6 Å². The molecule has 22 heavy (non-hydrogen) atoms. The van der Waals surface area contributed by atoms with Crippen LogP contribution >= 0.6 is 0 Å². The molecular weight excluding hydrogens is 272 g/mol. The second-order valence-corrected chi connectivity index (χ2v) is 5.65. The molecule has 2 aromatic rings. The van der Waals surface area contributed by atoms with Gasteiger partial charge in [0.05, 0.1) is 12.3 Å². The molecular formula is C19H26N2O. The molecule has 0 heterocycles. The maximum absolute atomic E-state index is 6.00. The molecule has 2 rings (SSSR count). The molecule has 3 N–H and O–H groups in total.